The fourth-order valence-electron chi connectivity index (χ4n) is 3.18. The van der Waals surface area contributed by atoms with E-state index in [-0.39, 0.29) is 0 Å². The molecule has 0 aliphatic carbocycles. The van der Waals surface area contributed by atoms with Crippen molar-refractivity contribution in [2.75, 3.05) is 0 Å². The van der Waals surface area contributed by atoms with Crippen molar-refractivity contribution in [1.29, 1.82) is 0 Å². The summed E-state index contributed by atoms with van der Waals surface area (Å²) in [6.07, 6.45) is 9.90. The molecule has 0 saturated carbocycles. The van der Waals surface area contributed by atoms with E-state index < -0.39 is 0 Å². The van der Waals surface area contributed by atoms with Gasteiger partial charge in [0.15, 0.2) is 0 Å². The van der Waals surface area contributed by atoms with Crippen LogP contribution in [-0.2, 0) is 0 Å². The highest BCUT2D eigenvalue weighted by atomic mass is 14.3. The van der Waals surface area contributed by atoms with Crippen LogP contribution in [0.3, 0.4) is 0 Å². The minimum atomic E-state index is 0.515. The van der Waals surface area contributed by atoms with E-state index in [1.54, 1.807) is 0 Å². The van der Waals surface area contributed by atoms with E-state index in [9.17, 15) is 0 Å². The van der Waals surface area contributed by atoms with Gasteiger partial charge >= 0.3 is 0 Å². The van der Waals surface area contributed by atoms with Crippen LogP contribution in [0.25, 0.3) is 6.08 Å². The Kier molecular flexibility index (Phi) is 8.82. The fourth-order valence-corrected chi connectivity index (χ4v) is 3.18. The second-order valence-electron chi connectivity index (χ2n) is 7.56. The molecule has 0 heteroatoms. The van der Waals surface area contributed by atoms with Crippen LogP contribution in [-0.4, -0.2) is 0 Å². The Morgan fingerprint density at radius 1 is 1.08 bits per heavy atom. The molecule has 0 heterocycles. The quantitative estimate of drug-likeness (QED) is 0.309. The average molecular weight is 325 g/mol. The minimum absolute atomic E-state index is 0.515. The summed E-state index contributed by atoms with van der Waals surface area (Å²) in [4.78, 5) is 0. The number of hydrogen-bond acceptors (Lipinski definition) is 0. The predicted molar refractivity (Wildman–Crippen MR) is 110 cm³/mol. The van der Waals surface area contributed by atoms with Gasteiger partial charge in [-0.3, -0.25) is 0 Å². The third-order valence-electron chi connectivity index (χ3n) is 5.56. The molecule has 1 aromatic rings. The lowest BCUT2D eigenvalue weighted by Crippen LogP contribution is -2.18. The molecule has 1 rings (SSSR count). The second-order valence-corrected chi connectivity index (χ2v) is 7.56. The molecule has 0 nitrogen and oxygen atoms in total. The first-order valence-electron chi connectivity index (χ1n) is 9.42. The van der Waals surface area contributed by atoms with Gasteiger partial charge in [-0.2, -0.15) is 0 Å². The van der Waals surface area contributed by atoms with Crippen LogP contribution in [0.5, 0.6) is 0 Å². The van der Waals surface area contributed by atoms with Crippen LogP contribution in [0.1, 0.15) is 58.1 Å². The molecule has 0 amide bonds. The molecule has 1 aromatic carbocycles. The van der Waals surface area contributed by atoms with Crippen molar-refractivity contribution in [2.24, 2.45) is 23.7 Å². The van der Waals surface area contributed by atoms with E-state index in [4.69, 9.17) is 0 Å². The fraction of sp³-hybridized carbons (Fsp3) is 0.500. The van der Waals surface area contributed by atoms with E-state index in [1.807, 2.05) is 0 Å². The molecular weight excluding hydrogens is 288 g/mol. The van der Waals surface area contributed by atoms with Gasteiger partial charge in [-0.1, -0.05) is 94.3 Å². The van der Waals surface area contributed by atoms with E-state index in [1.165, 1.54) is 29.5 Å². The lowest BCUT2D eigenvalue weighted by atomic mass is 9.78. The van der Waals surface area contributed by atoms with Crippen molar-refractivity contribution in [3.8, 4) is 0 Å². The number of benzene rings is 1. The van der Waals surface area contributed by atoms with Crippen LogP contribution in [0.15, 0.2) is 55.1 Å². The van der Waals surface area contributed by atoms with Crippen molar-refractivity contribution in [1.82, 2.24) is 0 Å². The van der Waals surface area contributed by atoms with Gasteiger partial charge in [0, 0.05) is 0 Å². The summed E-state index contributed by atoms with van der Waals surface area (Å²) in [5, 5.41) is 0. The lowest BCUT2D eigenvalue weighted by Gasteiger charge is -2.28. The van der Waals surface area contributed by atoms with E-state index in [0.29, 0.717) is 5.92 Å². The molecule has 0 bridgehead atoms. The van der Waals surface area contributed by atoms with Crippen LogP contribution in [0, 0.1) is 30.6 Å². The van der Waals surface area contributed by atoms with Gasteiger partial charge in [0.2, 0.25) is 0 Å². The zero-order valence-corrected chi connectivity index (χ0v) is 16.4. The first-order chi connectivity index (χ1) is 11.4. The highest BCUT2D eigenvalue weighted by Crippen LogP contribution is 2.30. The van der Waals surface area contributed by atoms with Crippen LogP contribution in [0.2, 0.25) is 0 Å². The van der Waals surface area contributed by atoms with Gasteiger partial charge < -0.3 is 0 Å². The number of aryl methyl sites for hydroxylation is 1. The zero-order valence-electron chi connectivity index (χ0n) is 16.4. The molecule has 0 aromatic heterocycles. The second kappa shape index (κ2) is 10.3. The van der Waals surface area contributed by atoms with Crippen molar-refractivity contribution in [2.45, 2.75) is 53.9 Å². The minimum Gasteiger partial charge on any atom is -0.103 e. The van der Waals surface area contributed by atoms with E-state index >= 15 is 0 Å². The lowest BCUT2D eigenvalue weighted by molar-refractivity contribution is 0.242. The van der Waals surface area contributed by atoms with Crippen molar-refractivity contribution in [3.63, 3.8) is 0 Å². The monoisotopic (exact) mass is 324 g/mol. The van der Waals surface area contributed by atoms with Gasteiger partial charge in [0.25, 0.3) is 0 Å². The van der Waals surface area contributed by atoms with Crippen LogP contribution < -0.4 is 0 Å². The van der Waals surface area contributed by atoms with Gasteiger partial charge in [-0.05, 0) is 49.0 Å². The SMILES string of the molecule is C=CC(CC(=C)/C=C/c1ccc(C)cc1)CC(C)C(C)C(C)CC. The van der Waals surface area contributed by atoms with Crippen molar-refractivity contribution < 1.29 is 0 Å². The third kappa shape index (κ3) is 6.91. The molecule has 4 atom stereocenters. The molecule has 0 aliphatic rings. The number of rotatable bonds is 10. The third-order valence-corrected chi connectivity index (χ3v) is 5.56. The molecule has 0 radical (unpaired) electrons. The van der Waals surface area contributed by atoms with E-state index in [0.717, 1.165) is 24.2 Å². The summed E-state index contributed by atoms with van der Waals surface area (Å²) in [7, 11) is 0. The summed E-state index contributed by atoms with van der Waals surface area (Å²) in [6, 6.07) is 8.60. The largest absolute Gasteiger partial charge is 0.103 e. The highest BCUT2D eigenvalue weighted by molar-refractivity contribution is 5.52. The summed E-state index contributed by atoms with van der Waals surface area (Å²) in [5.74, 6) is 2.78. The first-order valence-corrected chi connectivity index (χ1v) is 9.42. The van der Waals surface area contributed by atoms with Gasteiger partial charge in [-0.15, -0.1) is 6.58 Å². The standard InChI is InChI=1S/C24H36/c1-8-20(5)22(7)21(6)17-23(9-2)16-19(4)12-15-24-13-10-18(3)11-14-24/h9-15,20-23H,2,4,8,16-17H2,1,3,5-7H3/b15-12+. The van der Waals surface area contributed by atoms with Gasteiger partial charge in [0.05, 0.1) is 0 Å². The normalized spacial score (nSPS) is 16.5. The Hall–Kier alpha value is -1.56. The Morgan fingerprint density at radius 3 is 2.25 bits per heavy atom. The van der Waals surface area contributed by atoms with E-state index in [2.05, 4.69) is 90.3 Å². The molecule has 4 unspecified atom stereocenters. The molecule has 0 fully saturated rings. The highest BCUT2D eigenvalue weighted by Gasteiger charge is 2.20. The molecule has 0 aliphatic heterocycles. The molecule has 24 heavy (non-hydrogen) atoms. The van der Waals surface area contributed by atoms with Crippen LogP contribution >= 0.6 is 0 Å². The summed E-state index contributed by atoms with van der Waals surface area (Å²) in [6.45, 7) is 19.8. The summed E-state index contributed by atoms with van der Waals surface area (Å²) >= 11 is 0. The Labute approximate surface area is 150 Å². The molecule has 132 valence electrons. The maximum absolute atomic E-state index is 4.24. The molecule has 0 saturated heterocycles. The summed E-state index contributed by atoms with van der Waals surface area (Å²) in [5.41, 5.74) is 3.71. The van der Waals surface area contributed by atoms with Gasteiger partial charge in [0.1, 0.15) is 0 Å². The van der Waals surface area contributed by atoms with Gasteiger partial charge in [-0.25, -0.2) is 0 Å². The maximum atomic E-state index is 4.24. The Morgan fingerprint density at radius 2 is 1.71 bits per heavy atom. The average Bonchev–Trinajstić information content (AvgIpc) is 2.59. The Bertz CT molecular complexity index is 532. The molecular formula is C24H36. The maximum Gasteiger partial charge on any atom is -0.0193 e. The Balaban J connectivity index is 2.56. The topological polar surface area (TPSA) is 0 Å². The molecule has 0 N–H and O–H groups in total. The summed E-state index contributed by atoms with van der Waals surface area (Å²) < 4.78 is 0. The van der Waals surface area contributed by atoms with Crippen LogP contribution in [0.4, 0.5) is 0 Å². The molecule has 0 spiro atoms. The smallest absolute Gasteiger partial charge is 0.0193 e. The predicted octanol–water partition coefficient (Wildman–Crippen LogP) is 7.47. The van der Waals surface area contributed by atoms with Crippen molar-refractivity contribution >= 4 is 6.08 Å². The zero-order chi connectivity index (χ0) is 18.1. The first kappa shape index (κ1) is 20.5. The number of hydrogen-bond donors (Lipinski definition) is 0. The number of allylic oxidation sites excluding steroid dienone is 3. The van der Waals surface area contributed by atoms with Crippen molar-refractivity contribution in [3.05, 3.63) is 66.3 Å².